The number of thiophene rings is 1. The van der Waals surface area contributed by atoms with Crippen molar-refractivity contribution in [2.24, 2.45) is 0 Å². The molecule has 20 heavy (non-hydrogen) atoms. The maximum absolute atomic E-state index is 6.66. The lowest BCUT2D eigenvalue weighted by molar-refractivity contribution is 0.697. The summed E-state index contributed by atoms with van der Waals surface area (Å²) in [7, 11) is 0. The number of hydrogen-bond acceptors (Lipinski definition) is 1. The molecule has 0 nitrogen and oxygen atoms in total. The summed E-state index contributed by atoms with van der Waals surface area (Å²) in [6.07, 6.45) is 6.12. The Morgan fingerprint density at radius 3 is 2.65 bits per heavy atom. The van der Waals surface area contributed by atoms with Crippen LogP contribution in [0.15, 0.2) is 24.3 Å². The third-order valence-corrected chi connectivity index (χ3v) is 6.18. The molecule has 3 rings (SSSR count). The van der Waals surface area contributed by atoms with Gasteiger partial charge < -0.3 is 0 Å². The molecule has 0 fully saturated rings. The monoisotopic (exact) mass is 304 g/mol. The minimum Gasteiger partial charge on any atom is -0.144 e. The van der Waals surface area contributed by atoms with E-state index in [1.807, 2.05) is 11.3 Å². The van der Waals surface area contributed by atoms with E-state index in [4.69, 9.17) is 11.6 Å². The van der Waals surface area contributed by atoms with Crippen LogP contribution in [0.1, 0.15) is 50.2 Å². The topological polar surface area (TPSA) is 0 Å². The maximum atomic E-state index is 6.66. The van der Waals surface area contributed by atoms with Crippen LogP contribution in [0.3, 0.4) is 0 Å². The van der Waals surface area contributed by atoms with Crippen molar-refractivity contribution in [1.29, 1.82) is 0 Å². The lowest BCUT2D eigenvalue weighted by Crippen LogP contribution is -1.96. The molecule has 1 atom stereocenters. The van der Waals surface area contributed by atoms with Gasteiger partial charge in [-0.1, -0.05) is 18.2 Å². The smallest absolute Gasteiger partial charge is 0.0719 e. The lowest BCUT2D eigenvalue weighted by atomic mass is 9.98. The van der Waals surface area contributed by atoms with Crippen LogP contribution in [-0.2, 0) is 19.3 Å². The number of rotatable bonds is 3. The normalized spacial score (nSPS) is 15.9. The first kappa shape index (κ1) is 14.2. The SMILES string of the molecule is Cc1ccc(CC(Cl)c2cc3c(s2)CCCC3)cc1C. The van der Waals surface area contributed by atoms with E-state index in [0.29, 0.717) is 0 Å². The molecule has 0 radical (unpaired) electrons. The van der Waals surface area contributed by atoms with Gasteiger partial charge in [-0.05, 0) is 74.3 Å². The van der Waals surface area contributed by atoms with Crippen LogP contribution in [0.5, 0.6) is 0 Å². The van der Waals surface area contributed by atoms with Gasteiger partial charge in [-0.15, -0.1) is 22.9 Å². The fourth-order valence-corrected chi connectivity index (χ4v) is 4.52. The van der Waals surface area contributed by atoms with Crippen LogP contribution < -0.4 is 0 Å². The van der Waals surface area contributed by atoms with Gasteiger partial charge in [0.05, 0.1) is 5.38 Å². The summed E-state index contributed by atoms with van der Waals surface area (Å²) in [5.41, 5.74) is 5.62. The Hall–Kier alpha value is -0.790. The molecule has 1 aliphatic rings. The van der Waals surface area contributed by atoms with Crippen LogP contribution in [0.4, 0.5) is 0 Å². The van der Waals surface area contributed by atoms with Crippen LogP contribution >= 0.6 is 22.9 Å². The van der Waals surface area contributed by atoms with E-state index in [9.17, 15) is 0 Å². The van der Waals surface area contributed by atoms with Gasteiger partial charge in [-0.3, -0.25) is 0 Å². The number of aryl methyl sites for hydroxylation is 4. The van der Waals surface area contributed by atoms with Gasteiger partial charge in [-0.25, -0.2) is 0 Å². The predicted octanol–water partition coefficient (Wildman–Crippen LogP) is 5.77. The zero-order chi connectivity index (χ0) is 14.1. The highest BCUT2D eigenvalue weighted by atomic mass is 35.5. The van der Waals surface area contributed by atoms with Gasteiger partial charge in [0.2, 0.25) is 0 Å². The first-order chi connectivity index (χ1) is 9.63. The maximum Gasteiger partial charge on any atom is 0.0719 e. The third kappa shape index (κ3) is 2.94. The van der Waals surface area contributed by atoms with Crippen molar-refractivity contribution in [3.63, 3.8) is 0 Å². The number of fused-ring (bicyclic) bond motifs is 1. The summed E-state index contributed by atoms with van der Waals surface area (Å²) in [5.74, 6) is 0. The lowest BCUT2D eigenvalue weighted by Gasteiger charge is -2.09. The van der Waals surface area contributed by atoms with Gasteiger partial charge >= 0.3 is 0 Å². The second-order valence-electron chi connectivity index (χ2n) is 5.89. The van der Waals surface area contributed by atoms with Crippen molar-refractivity contribution in [3.05, 3.63) is 56.3 Å². The predicted molar refractivity (Wildman–Crippen MR) is 89.2 cm³/mol. The van der Waals surface area contributed by atoms with Crippen LogP contribution in [-0.4, -0.2) is 0 Å². The Bertz CT molecular complexity index is 588. The molecule has 0 saturated carbocycles. The van der Waals surface area contributed by atoms with E-state index in [0.717, 1.165) is 6.42 Å². The van der Waals surface area contributed by atoms with Crippen molar-refractivity contribution >= 4 is 22.9 Å². The molecular formula is C18H21ClS. The summed E-state index contributed by atoms with van der Waals surface area (Å²) in [4.78, 5) is 2.94. The summed E-state index contributed by atoms with van der Waals surface area (Å²) < 4.78 is 0. The molecule has 1 heterocycles. The highest BCUT2D eigenvalue weighted by Gasteiger charge is 2.18. The summed E-state index contributed by atoms with van der Waals surface area (Å²) in [5, 5.41) is 0.118. The molecule has 2 heteroatoms. The number of halogens is 1. The molecule has 0 spiro atoms. The zero-order valence-electron chi connectivity index (χ0n) is 12.2. The fraction of sp³-hybridized carbons (Fsp3) is 0.444. The van der Waals surface area contributed by atoms with Crippen LogP contribution in [0.2, 0.25) is 0 Å². The third-order valence-electron chi connectivity index (χ3n) is 4.31. The summed E-state index contributed by atoms with van der Waals surface area (Å²) in [6.45, 7) is 4.33. The number of hydrogen-bond donors (Lipinski definition) is 0. The van der Waals surface area contributed by atoms with Gasteiger partial charge in [-0.2, -0.15) is 0 Å². The van der Waals surface area contributed by atoms with Gasteiger partial charge in [0.25, 0.3) is 0 Å². The number of alkyl halides is 1. The fourth-order valence-electron chi connectivity index (χ4n) is 2.91. The Labute approximate surface area is 130 Å². The second kappa shape index (κ2) is 5.91. The average Bonchev–Trinajstić information content (AvgIpc) is 2.87. The molecule has 0 saturated heterocycles. The van der Waals surface area contributed by atoms with E-state index in [1.54, 1.807) is 10.4 Å². The second-order valence-corrected chi connectivity index (χ2v) is 7.59. The van der Waals surface area contributed by atoms with Crippen molar-refractivity contribution in [1.82, 2.24) is 0 Å². The minimum atomic E-state index is 0.118. The Morgan fingerprint density at radius 2 is 1.90 bits per heavy atom. The largest absolute Gasteiger partial charge is 0.144 e. The molecule has 1 aliphatic carbocycles. The van der Waals surface area contributed by atoms with Crippen LogP contribution in [0, 0.1) is 13.8 Å². The minimum absolute atomic E-state index is 0.118. The van der Waals surface area contributed by atoms with E-state index in [1.165, 1.54) is 47.3 Å². The molecule has 0 amide bonds. The molecular weight excluding hydrogens is 284 g/mol. The molecule has 0 bridgehead atoms. The molecule has 106 valence electrons. The highest BCUT2D eigenvalue weighted by Crippen LogP contribution is 2.36. The zero-order valence-corrected chi connectivity index (χ0v) is 13.8. The van der Waals surface area contributed by atoms with Gasteiger partial charge in [0.1, 0.15) is 0 Å². The standard InChI is InChI=1S/C18H21ClS/c1-12-7-8-14(9-13(12)2)10-16(19)18-11-15-5-3-4-6-17(15)20-18/h7-9,11,16H,3-6,10H2,1-2H3. The van der Waals surface area contributed by atoms with Gasteiger partial charge in [0.15, 0.2) is 0 Å². The van der Waals surface area contributed by atoms with E-state index in [2.05, 4.69) is 38.1 Å². The Morgan fingerprint density at radius 1 is 1.10 bits per heavy atom. The van der Waals surface area contributed by atoms with Crippen molar-refractivity contribution in [3.8, 4) is 0 Å². The quantitative estimate of drug-likeness (QED) is 0.632. The molecule has 0 aliphatic heterocycles. The number of benzene rings is 1. The summed E-state index contributed by atoms with van der Waals surface area (Å²) >= 11 is 8.60. The highest BCUT2D eigenvalue weighted by molar-refractivity contribution is 7.12. The first-order valence-electron chi connectivity index (χ1n) is 7.45. The van der Waals surface area contributed by atoms with E-state index in [-0.39, 0.29) is 5.38 Å². The van der Waals surface area contributed by atoms with Crippen molar-refractivity contribution < 1.29 is 0 Å². The molecule has 1 unspecified atom stereocenters. The van der Waals surface area contributed by atoms with Crippen molar-refractivity contribution in [2.45, 2.75) is 51.3 Å². The summed E-state index contributed by atoms with van der Waals surface area (Å²) in [6, 6.07) is 9.05. The Balaban J connectivity index is 1.76. The average molecular weight is 305 g/mol. The van der Waals surface area contributed by atoms with Crippen molar-refractivity contribution in [2.75, 3.05) is 0 Å². The van der Waals surface area contributed by atoms with Gasteiger partial charge in [0, 0.05) is 9.75 Å². The first-order valence-corrected chi connectivity index (χ1v) is 8.70. The van der Waals surface area contributed by atoms with E-state index < -0.39 is 0 Å². The molecule has 1 aromatic carbocycles. The van der Waals surface area contributed by atoms with Crippen LogP contribution in [0.25, 0.3) is 0 Å². The Kier molecular flexibility index (Phi) is 4.18. The van der Waals surface area contributed by atoms with E-state index >= 15 is 0 Å². The molecule has 2 aromatic rings. The molecule has 0 N–H and O–H groups in total. The molecule has 1 aromatic heterocycles.